The van der Waals surface area contributed by atoms with Crippen molar-refractivity contribution in [1.82, 2.24) is 14.0 Å². The van der Waals surface area contributed by atoms with Crippen LogP contribution in [0.3, 0.4) is 0 Å². The molecule has 2 atom stereocenters. The third kappa shape index (κ3) is 3.13. The first-order valence-electron chi connectivity index (χ1n) is 10.6. The summed E-state index contributed by atoms with van der Waals surface area (Å²) in [5.41, 5.74) is 1.62. The maximum Gasteiger partial charge on any atom is 0.334 e. The minimum atomic E-state index is -0.626. The Labute approximate surface area is 178 Å². The maximum atomic E-state index is 13.3. The number of hydrogen-bond donors (Lipinski definition) is 0. The fraction of sp³-hybridized carbons (Fsp3) is 0.391. The van der Waals surface area contributed by atoms with E-state index in [1.54, 1.807) is 10.6 Å². The first-order chi connectivity index (χ1) is 14.8. The van der Waals surface area contributed by atoms with E-state index in [1.807, 2.05) is 35.4 Å². The Morgan fingerprint density at radius 1 is 1.13 bits per heavy atom. The van der Waals surface area contributed by atoms with Gasteiger partial charge in [0.25, 0.3) is 5.91 Å². The number of pyridine rings is 1. The lowest BCUT2D eigenvalue weighted by atomic mass is 9.83. The summed E-state index contributed by atoms with van der Waals surface area (Å²) >= 11 is 0. The number of amides is 1. The van der Waals surface area contributed by atoms with Crippen LogP contribution in [0.5, 0.6) is 0 Å². The highest BCUT2D eigenvalue weighted by atomic mass is 16.6. The Hall–Kier alpha value is -3.42. The summed E-state index contributed by atoms with van der Waals surface area (Å²) in [7, 11) is 0. The molecule has 0 N–H and O–H groups in total. The molecule has 8 nitrogen and oxygen atoms in total. The third-order valence-corrected chi connectivity index (χ3v) is 6.59. The average molecular weight is 420 g/mol. The van der Waals surface area contributed by atoms with Crippen LogP contribution in [0.15, 0.2) is 47.4 Å². The van der Waals surface area contributed by atoms with Crippen molar-refractivity contribution in [2.45, 2.75) is 38.8 Å². The van der Waals surface area contributed by atoms with Gasteiger partial charge in [-0.25, -0.2) is 0 Å². The van der Waals surface area contributed by atoms with E-state index in [0.717, 1.165) is 23.0 Å². The van der Waals surface area contributed by atoms with Gasteiger partial charge in [0.1, 0.15) is 0 Å². The molecule has 1 fully saturated rings. The van der Waals surface area contributed by atoms with Crippen LogP contribution in [0.1, 0.15) is 48.3 Å². The quantitative estimate of drug-likeness (QED) is 0.479. The van der Waals surface area contributed by atoms with E-state index < -0.39 is 16.2 Å². The summed E-state index contributed by atoms with van der Waals surface area (Å²) in [6.45, 7) is 5.73. The first kappa shape index (κ1) is 19.5. The molecule has 1 saturated heterocycles. The second kappa shape index (κ2) is 7.08. The van der Waals surface area contributed by atoms with Gasteiger partial charge in [-0.15, -0.1) is 0 Å². The highest BCUT2D eigenvalue weighted by Gasteiger charge is 2.37. The lowest BCUT2D eigenvalue weighted by Crippen LogP contribution is -2.49. The van der Waals surface area contributed by atoms with Crippen molar-refractivity contribution in [3.8, 4) is 0 Å². The van der Waals surface area contributed by atoms with Gasteiger partial charge in [0.2, 0.25) is 0 Å². The van der Waals surface area contributed by atoms with Gasteiger partial charge < -0.3 is 14.0 Å². The van der Waals surface area contributed by atoms with Gasteiger partial charge in [0.15, 0.2) is 0 Å². The molecule has 0 unspecified atom stereocenters. The molecular formula is C23H24N4O4. The summed E-state index contributed by atoms with van der Waals surface area (Å²) in [4.78, 5) is 38.2. The number of carbonyl (C=O) groups is 1. The van der Waals surface area contributed by atoms with Crippen molar-refractivity contribution in [2.24, 2.45) is 5.92 Å². The zero-order valence-electron chi connectivity index (χ0n) is 17.5. The van der Waals surface area contributed by atoms with Crippen molar-refractivity contribution < 1.29 is 9.72 Å². The fourth-order valence-electron chi connectivity index (χ4n) is 5.17. The molecule has 1 aromatic carbocycles. The van der Waals surface area contributed by atoms with Crippen molar-refractivity contribution in [3.63, 3.8) is 0 Å². The number of rotatable bonds is 3. The Balaban J connectivity index is 1.43. The monoisotopic (exact) mass is 420 g/mol. The number of aromatic nitrogens is 2. The molecule has 0 aliphatic carbocycles. The van der Waals surface area contributed by atoms with E-state index in [1.165, 1.54) is 6.07 Å². The smallest absolute Gasteiger partial charge is 0.334 e. The zero-order chi connectivity index (χ0) is 21.9. The number of nitrogens with zero attached hydrogens (tertiary/aromatic N) is 4. The van der Waals surface area contributed by atoms with E-state index in [9.17, 15) is 19.7 Å². The molecule has 4 heterocycles. The predicted molar refractivity (Wildman–Crippen MR) is 116 cm³/mol. The molecule has 8 heteroatoms. The SMILES string of the molecule is CC(C)n1ccc2cc(C(=O)N3C[C@@H]4C[C@@H](C3)c3ccc([N+](=O)[O-])c(=O)n3C4)ccc21. The van der Waals surface area contributed by atoms with Crippen LogP contribution >= 0.6 is 0 Å². The van der Waals surface area contributed by atoms with Crippen LogP contribution in [0.2, 0.25) is 0 Å². The van der Waals surface area contributed by atoms with E-state index in [0.29, 0.717) is 31.2 Å². The van der Waals surface area contributed by atoms with Gasteiger partial charge in [0.05, 0.1) is 4.92 Å². The first-order valence-corrected chi connectivity index (χ1v) is 10.6. The molecular weight excluding hydrogens is 396 g/mol. The van der Waals surface area contributed by atoms with Crippen molar-refractivity contribution >= 4 is 22.5 Å². The van der Waals surface area contributed by atoms with E-state index in [-0.39, 0.29) is 17.7 Å². The van der Waals surface area contributed by atoms with Crippen LogP contribution in [0.25, 0.3) is 10.9 Å². The molecule has 2 aliphatic rings. The minimum absolute atomic E-state index is 0.00777. The highest BCUT2D eigenvalue weighted by Crippen LogP contribution is 2.36. The second-order valence-corrected chi connectivity index (χ2v) is 8.92. The molecule has 0 saturated carbocycles. The normalized spacial score (nSPS) is 20.2. The molecule has 31 heavy (non-hydrogen) atoms. The third-order valence-electron chi connectivity index (χ3n) is 6.59. The molecule has 3 aromatic rings. The van der Waals surface area contributed by atoms with E-state index in [4.69, 9.17) is 0 Å². The lowest BCUT2D eigenvalue weighted by Gasteiger charge is -2.42. The number of piperidine rings is 1. The molecule has 0 radical (unpaired) electrons. The number of likely N-dealkylation sites (tertiary alicyclic amines) is 1. The van der Waals surface area contributed by atoms with Gasteiger partial charge in [-0.3, -0.25) is 19.7 Å². The van der Waals surface area contributed by atoms with Gasteiger partial charge in [-0.1, -0.05) is 0 Å². The number of carbonyl (C=O) groups excluding carboxylic acids is 1. The van der Waals surface area contributed by atoms with Gasteiger partial charge in [0, 0.05) is 66.0 Å². The molecule has 0 spiro atoms. The lowest BCUT2D eigenvalue weighted by molar-refractivity contribution is -0.386. The molecule has 2 bridgehead atoms. The molecule has 160 valence electrons. The largest absolute Gasteiger partial charge is 0.345 e. The van der Waals surface area contributed by atoms with Crippen LogP contribution in [0, 0.1) is 16.0 Å². The van der Waals surface area contributed by atoms with Gasteiger partial charge in [-0.05, 0) is 56.5 Å². The summed E-state index contributed by atoms with van der Waals surface area (Å²) in [6, 6.07) is 11.2. The number of nitro groups is 1. The average Bonchev–Trinajstić information content (AvgIpc) is 3.17. The molecule has 2 aliphatic heterocycles. The van der Waals surface area contributed by atoms with Gasteiger partial charge in [-0.2, -0.15) is 0 Å². The second-order valence-electron chi connectivity index (χ2n) is 8.92. The van der Waals surface area contributed by atoms with Gasteiger partial charge >= 0.3 is 11.2 Å². The fourth-order valence-corrected chi connectivity index (χ4v) is 5.17. The van der Waals surface area contributed by atoms with Crippen molar-refractivity contribution in [2.75, 3.05) is 13.1 Å². The Bertz CT molecular complexity index is 1270. The van der Waals surface area contributed by atoms with Crippen LogP contribution < -0.4 is 5.56 Å². The number of fused-ring (bicyclic) bond motifs is 5. The Morgan fingerprint density at radius 3 is 2.68 bits per heavy atom. The van der Waals surface area contributed by atoms with Crippen LogP contribution in [-0.4, -0.2) is 38.0 Å². The summed E-state index contributed by atoms with van der Waals surface area (Å²) < 4.78 is 3.72. The van der Waals surface area contributed by atoms with E-state index in [2.05, 4.69) is 18.4 Å². The van der Waals surface area contributed by atoms with Crippen LogP contribution in [-0.2, 0) is 6.54 Å². The standard InChI is InChI=1S/C23H24N4O4/c1-14(2)25-8-7-16-10-17(3-4-19(16)25)22(28)24-11-15-9-18(13-24)20-5-6-21(27(30)31)23(29)26(20)12-15/h3-8,10,14-15,18H,9,11-13H2,1-2H3/t15-,18-/m0/s1. The molecule has 2 aromatic heterocycles. The predicted octanol–water partition coefficient (Wildman–Crippen LogP) is 3.55. The van der Waals surface area contributed by atoms with Crippen molar-refractivity contribution in [3.05, 3.63) is 74.3 Å². The zero-order valence-corrected chi connectivity index (χ0v) is 17.5. The summed E-state index contributed by atoms with van der Waals surface area (Å²) in [5.74, 6) is 0.114. The maximum absolute atomic E-state index is 13.3. The Morgan fingerprint density at radius 2 is 1.94 bits per heavy atom. The van der Waals surface area contributed by atoms with Crippen molar-refractivity contribution in [1.29, 1.82) is 0 Å². The summed E-state index contributed by atoms with van der Waals surface area (Å²) in [6.07, 6.45) is 2.93. The molecule has 5 rings (SSSR count). The molecule has 1 amide bonds. The van der Waals surface area contributed by atoms with Crippen LogP contribution in [0.4, 0.5) is 5.69 Å². The summed E-state index contributed by atoms with van der Waals surface area (Å²) in [5, 5.41) is 12.2. The number of benzene rings is 1. The Kier molecular flexibility index (Phi) is 4.46. The number of hydrogen-bond acceptors (Lipinski definition) is 4. The van der Waals surface area contributed by atoms with E-state index >= 15 is 0 Å². The highest BCUT2D eigenvalue weighted by molar-refractivity contribution is 5.98. The minimum Gasteiger partial charge on any atom is -0.345 e. The topological polar surface area (TPSA) is 90.4 Å².